The van der Waals surface area contributed by atoms with E-state index in [9.17, 15) is 23.5 Å². The molecule has 0 spiro atoms. The molecule has 2 aromatic rings. The molecule has 5 nitrogen and oxygen atoms in total. The van der Waals surface area contributed by atoms with E-state index in [1.165, 1.54) is 10.7 Å². The predicted molar refractivity (Wildman–Crippen MR) is 87.6 cm³/mol. The van der Waals surface area contributed by atoms with Crippen molar-refractivity contribution in [2.75, 3.05) is 11.9 Å². The molecular formula is C16H15BrF3N3O2. The van der Waals surface area contributed by atoms with Crippen molar-refractivity contribution in [3.8, 4) is 11.8 Å². The van der Waals surface area contributed by atoms with Crippen LogP contribution >= 0.6 is 15.9 Å². The zero-order chi connectivity index (χ0) is 18.4. The van der Waals surface area contributed by atoms with Crippen LogP contribution in [-0.4, -0.2) is 32.4 Å². The molecule has 134 valence electrons. The third-order valence-electron chi connectivity index (χ3n) is 4.23. The van der Waals surface area contributed by atoms with Gasteiger partial charge in [0.25, 0.3) is 0 Å². The minimum Gasteiger partial charge on any atom is -0.493 e. The molecule has 25 heavy (non-hydrogen) atoms. The molecule has 1 aliphatic rings. The molecule has 1 fully saturated rings. The second-order valence-electron chi connectivity index (χ2n) is 6.37. The Morgan fingerprint density at radius 1 is 1.48 bits per heavy atom. The lowest BCUT2D eigenvalue weighted by molar-refractivity contribution is -0.136. The molecule has 1 saturated carbocycles. The van der Waals surface area contributed by atoms with Crippen molar-refractivity contribution in [2.45, 2.75) is 37.6 Å². The molecule has 1 aromatic heterocycles. The molecule has 0 aliphatic heterocycles. The summed E-state index contributed by atoms with van der Waals surface area (Å²) in [5.41, 5.74) is -2.05. The van der Waals surface area contributed by atoms with Gasteiger partial charge in [0.15, 0.2) is 5.69 Å². The van der Waals surface area contributed by atoms with Gasteiger partial charge in [-0.25, -0.2) is 0 Å². The third kappa shape index (κ3) is 3.33. The summed E-state index contributed by atoms with van der Waals surface area (Å²) >= 11 is 3.15. The zero-order valence-electron chi connectivity index (χ0n) is 13.3. The van der Waals surface area contributed by atoms with Crippen LogP contribution < -0.4 is 4.74 Å². The minimum atomic E-state index is -4.62. The summed E-state index contributed by atoms with van der Waals surface area (Å²) in [6, 6.07) is 3.81. The summed E-state index contributed by atoms with van der Waals surface area (Å²) in [6.45, 7) is 1.82. The van der Waals surface area contributed by atoms with E-state index < -0.39 is 17.3 Å². The first-order valence-electron chi connectivity index (χ1n) is 7.61. The minimum absolute atomic E-state index is 0.0379. The van der Waals surface area contributed by atoms with Gasteiger partial charge in [0.2, 0.25) is 0 Å². The van der Waals surface area contributed by atoms with E-state index in [0.29, 0.717) is 5.33 Å². The Balaban J connectivity index is 2.20. The highest BCUT2D eigenvalue weighted by atomic mass is 79.9. The van der Waals surface area contributed by atoms with Crippen LogP contribution in [0.1, 0.15) is 37.1 Å². The molecule has 3 rings (SSSR count). The van der Waals surface area contributed by atoms with Crippen LogP contribution in [0.2, 0.25) is 0 Å². The van der Waals surface area contributed by atoms with Gasteiger partial charge >= 0.3 is 6.18 Å². The smallest absolute Gasteiger partial charge is 0.418 e. The number of ether oxygens (including phenoxy) is 1. The van der Waals surface area contributed by atoms with Gasteiger partial charge in [-0.2, -0.15) is 23.5 Å². The Morgan fingerprint density at radius 2 is 2.16 bits per heavy atom. The number of benzene rings is 1. The molecule has 0 saturated heterocycles. The van der Waals surface area contributed by atoms with Crippen molar-refractivity contribution in [3.05, 3.63) is 23.4 Å². The number of fused-ring (bicyclic) bond motifs is 1. The summed E-state index contributed by atoms with van der Waals surface area (Å²) in [5.74, 6) is 0.0379. The average Bonchev–Trinajstić information content (AvgIpc) is 2.87. The van der Waals surface area contributed by atoms with E-state index in [0.717, 1.165) is 6.07 Å². The van der Waals surface area contributed by atoms with Gasteiger partial charge in [0, 0.05) is 10.7 Å². The molecule has 1 N–H and O–H groups in total. The van der Waals surface area contributed by atoms with Gasteiger partial charge in [0.05, 0.1) is 29.3 Å². The van der Waals surface area contributed by atoms with Crippen LogP contribution in [0.25, 0.3) is 10.9 Å². The number of halogens is 4. The maximum atomic E-state index is 13.6. The maximum absolute atomic E-state index is 13.6. The normalized spacial score (nSPS) is 23.3. The number of aromatic nitrogens is 2. The molecule has 9 heteroatoms. The Bertz CT molecular complexity index is 847. The first kappa shape index (κ1) is 18.0. The number of nitrogens with zero attached hydrogens (tertiary/aromatic N) is 3. The van der Waals surface area contributed by atoms with Crippen LogP contribution in [0.3, 0.4) is 0 Å². The van der Waals surface area contributed by atoms with Crippen molar-refractivity contribution in [2.24, 2.45) is 0 Å². The van der Waals surface area contributed by atoms with Crippen LogP contribution in [0, 0.1) is 11.3 Å². The fraction of sp³-hybridized carbons (Fsp3) is 0.500. The number of aliphatic hydroxyl groups is 1. The highest BCUT2D eigenvalue weighted by molar-refractivity contribution is 9.09. The molecule has 0 amide bonds. The van der Waals surface area contributed by atoms with Gasteiger partial charge in [-0.3, -0.25) is 4.68 Å². The standard InChI is InChI=1S/C16H15BrF3N3O2/c1-15(24)6-9(7-15)23-14-11(13(8-21)22-23)4-10(25-3-2-17)5-12(14)16(18,19)20/h4-5,9,24H,2-3,6-7H2,1H3. The summed E-state index contributed by atoms with van der Waals surface area (Å²) in [4.78, 5) is 0. The van der Waals surface area contributed by atoms with Crippen LogP contribution in [0.15, 0.2) is 12.1 Å². The lowest BCUT2D eigenvalue weighted by Gasteiger charge is -2.41. The highest BCUT2D eigenvalue weighted by Crippen LogP contribution is 2.45. The predicted octanol–water partition coefficient (Wildman–Crippen LogP) is 3.79. The van der Waals surface area contributed by atoms with E-state index in [2.05, 4.69) is 21.0 Å². The largest absolute Gasteiger partial charge is 0.493 e. The second kappa shape index (κ2) is 6.18. The van der Waals surface area contributed by atoms with Crippen molar-refractivity contribution in [3.63, 3.8) is 0 Å². The molecule has 0 radical (unpaired) electrons. The van der Waals surface area contributed by atoms with E-state index in [4.69, 9.17) is 4.74 Å². The maximum Gasteiger partial charge on any atom is 0.418 e. The molecular weight excluding hydrogens is 403 g/mol. The van der Waals surface area contributed by atoms with Gasteiger partial charge < -0.3 is 9.84 Å². The number of nitriles is 1. The topological polar surface area (TPSA) is 71.1 Å². The molecule has 1 aliphatic carbocycles. The Labute approximate surface area is 150 Å². The molecule has 1 aromatic carbocycles. The van der Waals surface area contributed by atoms with E-state index in [1.54, 1.807) is 6.92 Å². The summed E-state index contributed by atoms with van der Waals surface area (Å²) in [5, 5.41) is 23.8. The molecule has 0 atom stereocenters. The SMILES string of the molecule is CC1(O)CC(n2nc(C#N)c3cc(OCCBr)cc(C(F)(F)F)c32)C1. The van der Waals surface area contributed by atoms with E-state index >= 15 is 0 Å². The van der Waals surface area contributed by atoms with Gasteiger partial charge in [0.1, 0.15) is 11.8 Å². The van der Waals surface area contributed by atoms with Gasteiger partial charge in [-0.1, -0.05) is 15.9 Å². The van der Waals surface area contributed by atoms with Crippen LogP contribution in [-0.2, 0) is 6.18 Å². The van der Waals surface area contributed by atoms with Crippen molar-refractivity contribution < 1.29 is 23.0 Å². The average molecular weight is 418 g/mol. The van der Waals surface area contributed by atoms with Crippen molar-refractivity contribution in [1.82, 2.24) is 9.78 Å². The monoisotopic (exact) mass is 417 g/mol. The lowest BCUT2D eigenvalue weighted by Crippen LogP contribution is -2.42. The Morgan fingerprint density at radius 3 is 2.68 bits per heavy atom. The number of hydrogen-bond donors (Lipinski definition) is 1. The van der Waals surface area contributed by atoms with Crippen LogP contribution in [0.5, 0.6) is 5.75 Å². The van der Waals surface area contributed by atoms with Crippen molar-refractivity contribution in [1.29, 1.82) is 5.26 Å². The fourth-order valence-electron chi connectivity index (χ4n) is 3.18. The summed E-state index contributed by atoms with van der Waals surface area (Å²) in [6.07, 6.45) is -4.05. The van der Waals surface area contributed by atoms with Gasteiger partial charge in [-0.05, 0) is 31.9 Å². The van der Waals surface area contributed by atoms with Crippen LogP contribution in [0.4, 0.5) is 13.2 Å². The zero-order valence-corrected chi connectivity index (χ0v) is 14.9. The first-order chi connectivity index (χ1) is 11.7. The quantitative estimate of drug-likeness (QED) is 0.768. The molecule has 0 bridgehead atoms. The molecule has 1 heterocycles. The Hall–Kier alpha value is -1.79. The van der Waals surface area contributed by atoms with Gasteiger partial charge in [-0.15, -0.1) is 0 Å². The highest BCUT2D eigenvalue weighted by Gasteiger charge is 2.43. The number of hydrogen-bond acceptors (Lipinski definition) is 4. The van der Waals surface area contributed by atoms with Crippen molar-refractivity contribution >= 4 is 26.8 Å². The fourth-order valence-corrected chi connectivity index (χ4v) is 3.34. The van der Waals surface area contributed by atoms with E-state index in [-0.39, 0.29) is 47.8 Å². The number of alkyl halides is 4. The summed E-state index contributed by atoms with van der Waals surface area (Å²) < 4.78 is 47.4. The second-order valence-corrected chi connectivity index (χ2v) is 7.16. The number of rotatable bonds is 4. The Kier molecular flexibility index (Phi) is 4.45. The lowest BCUT2D eigenvalue weighted by atomic mass is 9.77. The first-order valence-corrected chi connectivity index (χ1v) is 8.73. The molecule has 0 unspecified atom stereocenters. The summed E-state index contributed by atoms with van der Waals surface area (Å²) in [7, 11) is 0. The van der Waals surface area contributed by atoms with E-state index in [1.807, 2.05) is 6.07 Å². The third-order valence-corrected chi connectivity index (χ3v) is 4.55.